The van der Waals surface area contributed by atoms with Crippen molar-refractivity contribution in [1.82, 2.24) is 19.8 Å². The zero-order chi connectivity index (χ0) is 15.7. The van der Waals surface area contributed by atoms with Gasteiger partial charge in [-0.25, -0.2) is 0 Å². The molecule has 0 N–H and O–H groups in total. The summed E-state index contributed by atoms with van der Waals surface area (Å²) in [4.78, 5) is 14.7. The summed E-state index contributed by atoms with van der Waals surface area (Å²) in [5, 5.41) is 8.30. The molecule has 118 valence electrons. The van der Waals surface area contributed by atoms with Crippen molar-refractivity contribution < 1.29 is 9.32 Å². The number of amides is 1. The number of halogens is 1. The fourth-order valence-electron chi connectivity index (χ4n) is 2.95. The van der Waals surface area contributed by atoms with Crippen molar-refractivity contribution in [2.45, 2.75) is 38.6 Å². The molecule has 1 atom stereocenters. The van der Waals surface area contributed by atoms with Crippen LogP contribution in [0.2, 0.25) is 0 Å². The summed E-state index contributed by atoms with van der Waals surface area (Å²) >= 11 is 3.40. The summed E-state index contributed by atoms with van der Waals surface area (Å²) in [6.45, 7) is 2.84. The van der Waals surface area contributed by atoms with Crippen molar-refractivity contribution in [3.8, 4) is 0 Å². The first-order chi connectivity index (χ1) is 10.6. The van der Waals surface area contributed by atoms with E-state index in [0.29, 0.717) is 5.69 Å². The monoisotopic (exact) mass is 366 g/mol. The Labute approximate surface area is 137 Å². The second-order valence-electron chi connectivity index (χ2n) is 5.59. The van der Waals surface area contributed by atoms with E-state index in [-0.39, 0.29) is 11.9 Å². The zero-order valence-corrected chi connectivity index (χ0v) is 14.3. The predicted octanol–water partition coefficient (Wildman–Crippen LogP) is 3.10. The highest BCUT2D eigenvalue weighted by molar-refractivity contribution is 9.10. The maximum Gasteiger partial charge on any atom is 0.273 e. The second kappa shape index (κ2) is 6.24. The lowest BCUT2D eigenvalue weighted by Gasteiger charge is -2.23. The van der Waals surface area contributed by atoms with Crippen molar-refractivity contribution in [3.63, 3.8) is 0 Å². The molecule has 1 aliphatic rings. The molecule has 0 spiro atoms. The van der Waals surface area contributed by atoms with Gasteiger partial charge in [0, 0.05) is 26.1 Å². The lowest BCUT2D eigenvalue weighted by Crippen LogP contribution is -2.32. The molecule has 2 aromatic rings. The smallest absolute Gasteiger partial charge is 0.273 e. The molecule has 1 saturated heterocycles. The third-order valence-electron chi connectivity index (χ3n) is 4.03. The molecule has 0 bridgehead atoms. The maximum absolute atomic E-state index is 12.8. The summed E-state index contributed by atoms with van der Waals surface area (Å²) in [7, 11) is 1.78. The van der Waals surface area contributed by atoms with Gasteiger partial charge < -0.3 is 9.42 Å². The van der Waals surface area contributed by atoms with Gasteiger partial charge in [0.05, 0.1) is 16.7 Å². The first kappa shape index (κ1) is 15.3. The van der Waals surface area contributed by atoms with Crippen molar-refractivity contribution >= 4 is 21.8 Å². The molecule has 0 aromatic carbocycles. The molecule has 1 amide bonds. The highest BCUT2D eigenvalue weighted by atomic mass is 79.9. The molecule has 2 aromatic heterocycles. The van der Waals surface area contributed by atoms with Gasteiger partial charge in [0.2, 0.25) is 0 Å². The van der Waals surface area contributed by atoms with Crippen LogP contribution in [-0.2, 0) is 13.5 Å². The largest absolute Gasteiger partial charge is 0.361 e. The van der Waals surface area contributed by atoms with E-state index in [9.17, 15) is 4.79 Å². The van der Waals surface area contributed by atoms with Gasteiger partial charge in [-0.1, -0.05) is 12.1 Å². The Morgan fingerprint density at radius 3 is 3.05 bits per heavy atom. The number of nitrogens with zero attached hydrogens (tertiary/aromatic N) is 4. The molecule has 3 heterocycles. The van der Waals surface area contributed by atoms with Crippen LogP contribution in [0, 0.1) is 0 Å². The topological polar surface area (TPSA) is 64.2 Å². The normalized spacial score (nSPS) is 18.1. The number of aromatic nitrogens is 3. The van der Waals surface area contributed by atoms with E-state index in [1.54, 1.807) is 17.9 Å². The number of hydrogen-bond donors (Lipinski definition) is 0. The molecule has 1 aliphatic heterocycles. The number of rotatable bonds is 4. The molecule has 22 heavy (non-hydrogen) atoms. The lowest BCUT2D eigenvalue weighted by atomic mass is 10.1. The van der Waals surface area contributed by atoms with Crippen LogP contribution in [0.1, 0.15) is 54.2 Å². The van der Waals surface area contributed by atoms with Crippen molar-refractivity contribution in [2.75, 3.05) is 6.54 Å². The zero-order valence-electron chi connectivity index (χ0n) is 12.8. The van der Waals surface area contributed by atoms with Crippen LogP contribution >= 0.6 is 15.9 Å². The Balaban J connectivity index is 1.85. The summed E-state index contributed by atoms with van der Waals surface area (Å²) in [6, 6.07) is 1.97. The molecular weight excluding hydrogens is 348 g/mol. The van der Waals surface area contributed by atoms with Crippen LogP contribution in [0.25, 0.3) is 0 Å². The van der Waals surface area contributed by atoms with Crippen molar-refractivity contribution in [2.24, 2.45) is 7.05 Å². The molecule has 3 rings (SSSR count). The van der Waals surface area contributed by atoms with Crippen LogP contribution < -0.4 is 0 Å². The lowest BCUT2D eigenvalue weighted by molar-refractivity contribution is 0.0718. The molecule has 0 saturated carbocycles. The Morgan fingerprint density at radius 2 is 2.36 bits per heavy atom. The van der Waals surface area contributed by atoms with E-state index in [1.807, 2.05) is 11.0 Å². The number of aryl methyl sites for hydroxylation is 2. The highest BCUT2D eigenvalue weighted by Gasteiger charge is 2.34. The first-order valence-corrected chi connectivity index (χ1v) is 8.35. The second-order valence-corrected chi connectivity index (χ2v) is 6.44. The number of carbonyl (C=O) groups is 1. The average Bonchev–Trinajstić information content (AvgIpc) is 3.19. The standard InChI is InChI=1S/C15H19BrN4O2/c1-3-5-10-8-12(18-22-10)13-6-4-7-20(13)15(21)14-11(16)9-17-19(14)2/h8-9,13H,3-7H2,1-2H3/t13-/m0/s1. The SMILES string of the molecule is CCCc1cc([C@@H]2CCCN2C(=O)c2c(Br)cnn2C)no1. The highest BCUT2D eigenvalue weighted by Crippen LogP contribution is 2.33. The molecule has 1 fully saturated rings. The minimum atomic E-state index is -0.0191. The summed E-state index contributed by atoms with van der Waals surface area (Å²) < 4.78 is 7.69. The van der Waals surface area contributed by atoms with Gasteiger partial charge in [-0.3, -0.25) is 9.48 Å². The Bertz CT molecular complexity index is 659. The molecule has 0 aliphatic carbocycles. The van der Waals surface area contributed by atoms with Crippen molar-refractivity contribution in [3.05, 3.63) is 33.9 Å². The van der Waals surface area contributed by atoms with E-state index >= 15 is 0 Å². The van der Waals surface area contributed by atoms with Gasteiger partial charge in [-0.15, -0.1) is 0 Å². The van der Waals surface area contributed by atoms with Crippen LogP contribution in [-0.4, -0.2) is 32.3 Å². The van der Waals surface area contributed by atoms with Crippen LogP contribution in [0.4, 0.5) is 0 Å². The predicted molar refractivity (Wildman–Crippen MR) is 84.4 cm³/mol. The van der Waals surface area contributed by atoms with Crippen LogP contribution in [0.3, 0.4) is 0 Å². The van der Waals surface area contributed by atoms with Crippen LogP contribution in [0.5, 0.6) is 0 Å². The maximum atomic E-state index is 12.8. The van der Waals surface area contributed by atoms with Gasteiger partial charge in [0.25, 0.3) is 5.91 Å². The van der Waals surface area contributed by atoms with Gasteiger partial charge in [-0.05, 0) is 35.2 Å². The molecule has 6 nitrogen and oxygen atoms in total. The quantitative estimate of drug-likeness (QED) is 0.833. The average molecular weight is 367 g/mol. The van der Waals surface area contributed by atoms with E-state index < -0.39 is 0 Å². The third-order valence-corrected chi connectivity index (χ3v) is 4.61. The first-order valence-electron chi connectivity index (χ1n) is 7.55. The van der Waals surface area contributed by atoms with E-state index in [0.717, 1.165) is 48.2 Å². The molecular formula is C15H19BrN4O2. The third kappa shape index (κ3) is 2.69. The summed E-state index contributed by atoms with van der Waals surface area (Å²) in [5.41, 5.74) is 1.43. The number of carbonyl (C=O) groups excluding carboxylic acids is 1. The Hall–Kier alpha value is -1.63. The fourth-order valence-corrected chi connectivity index (χ4v) is 3.47. The number of hydrogen-bond acceptors (Lipinski definition) is 4. The van der Waals surface area contributed by atoms with Gasteiger partial charge in [0.1, 0.15) is 17.1 Å². The molecule has 0 unspecified atom stereocenters. The van der Waals surface area contributed by atoms with Gasteiger partial charge in [-0.2, -0.15) is 5.10 Å². The summed E-state index contributed by atoms with van der Waals surface area (Å²) in [6.07, 6.45) is 5.43. The van der Waals surface area contributed by atoms with E-state index in [4.69, 9.17) is 4.52 Å². The van der Waals surface area contributed by atoms with Crippen molar-refractivity contribution in [1.29, 1.82) is 0 Å². The Kier molecular flexibility index (Phi) is 4.33. The Morgan fingerprint density at radius 1 is 1.55 bits per heavy atom. The van der Waals surface area contributed by atoms with Gasteiger partial charge in [0.15, 0.2) is 0 Å². The van der Waals surface area contributed by atoms with E-state index in [1.165, 1.54) is 0 Å². The number of likely N-dealkylation sites (tertiary alicyclic amines) is 1. The molecule has 7 heteroatoms. The van der Waals surface area contributed by atoms with Gasteiger partial charge >= 0.3 is 0 Å². The van der Waals surface area contributed by atoms with Crippen LogP contribution in [0.15, 0.2) is 21.3 Å². The molecule has 0 radical (unpaired) electrons. The minimum Gasteiger partial charge on any atom is -0.361 e. The summed E-state index contributed by atoms with van der Waals surface area (Å²) in [5.74, 6) is 0.868. The minimum absolute atomic E-state index is 0.0105. The van der Waals surface area contributed by atoms with E-state index in [2.05, 4.69) is 33.1 Å². The fraction of sp³-hybridized carbons (Fsp3) is 0.533.